The molecule has 0 aliphatic carbocycles. The lowest BCUT2D eigenvalue weighted by Crippen LogP contribution is -2.34. The first-order valence-electron chi connectivity index (χ1n) is 5.57. The van der Waals surface area contributed by atoms with Crippen LogP contribution in [0.25, 0.3) is 0 Å². The summed E-state index contributed by atoms with van der Waals surface area (Å²) in [6, 6.07) is 0. The summed E-state index contributed by atoms with van der Waals surface area (Å²) in [6.45, 7) is 4.62. The Kier molecular flexibility index (Phi) is 4.96. The molecule has 0 radical (unpaired) electrons. The van der Waals surface area contributed by atoms with Gasteiger partial charge in [0.2, 0.25) is 5.91 Å². The number of nitrogens with zero attached hydrogens (tertiary/aromatic N) is 3. The molecule has 0 saturated heterocycles. The molecular weight excluding hydrogens is 242 g/mol. The summed E-state index contributed by atoms with van der Waals surface area (Å²) < 4.78 is 1.56. The van der Waals surface area contributed by atoms with Crippen LogP contribution in [0.15, 0.2) is 0 Å². The summed E-state index contributed by atoms with van der Waals surface area (Å²) in [7, 11) is 1.74. The van der Waals surface area contributed by atoms with E-state index in [9.17, 15) is 4.79 Å². The number of aliphatic hydroxyl groups excluding tert-OH is 1. The Hall–Kier alpha value is -1.07. The lowest BCUT2D eigenvalue weighted by molar-refractivity contribution is -0.130. The van der Waals surface area contributed by atoms with Crippen LogP contribution in [-0.2, 0) is 18.3 Å². The Morgan fingerprint density at radius 2 is 2.24 bits per heavy atom. The topological polar surface area (TPSA) is 58.4 Å². The average molecular weight is 260 g/mol. The maximum Gasteiger partial charge on any atom is 0.227 e. The second-order valence-corrected chi connectivity index (χ2v) is 4.21. The van der Waals surface area contributed by atoms with E-state index in [4.69, 9.17) is 16.7 Å². The molecule has 0 saturated carbocycles. The molecule has 1 rings (SSSR count). The Morgan fingerprint density at radius 3 is 2.65 bits per heavy atom. The second kappa shape index (κ2) is 6.02. The largest absolute Gasteiger partial charge is 0.395 e. The zero-order valence-corrected chi connectivity index (χ0v) is 11.2. The van der Waals surface area contributed by atoms with Gasteiger partial charge in [0.1, 0.15) is 5.15 Å². The number of amides is 1. The number of likely N-dealkylation sites (N-methyl/N-ethyl adjacent to an activating group) is 1. The van der Waals surface area contributed by atoms with Gasteiger partial charge >= 0.3 is 0 Å². The van der Waals surface area contributed by atoms with E-state index in [2.05, 4.69) is 5.10 Å². The SMILES string of the molecule is CCN(CCO)C(=O)Cc1c(C)nn(C)c1Cl. The van der Waals surface area contributed by atoms with E-state index < -0.39 is 0 Å². The van der Waals surface area contributed by atoms with Crippen molar-refractivity contribution in [3.8, 4) is 0 Å². The number of rotatable bonds is 5. The van der Waals surface area contributed by atoms with Gasteiger partial charge in [-0.3, -0.25) is 9.48 Å². The molecule has 0 aliphatic rings. The van der Waals surface area contributed by atoms with E-state index in [1.54, 1.807) is 16.6 Å². The van der Waals surface area contributed by atoms with Gasteiger partial charge in [-0.15, -0.1) is 0 Å². The summed E-state index contributed by atoms with van der Waals surface area (Å²) in [5, 5.41) is 13.5. The maximum absolute atomic E-state index is 12.0. The van der Waals surface area contributed by atoms with Crippen LogP contribution in [0.5, 0.6) is 0 Å². The summed E-state index contributed by atoms with van der Waals surface area (Å²) in [4.78, 5) is 13.6. The maximum atomic E-state index is 12.0. The first-order chi connectivity index (χ1) is 8.01. The highest BCUT2D eigenvalue weighted by Gasteiger charge is 2.18. The Labute approximate surface area is 106 Å². The normalized spacial score (nSPS) is 10.6. The Morgan fingerprint density at radius 1 is 1.59 bits per heavy atom. The molecule has 5 nitrogen and oxygen atoms in total. The molecule has 0 spiro atoms. The van der Waals surface area contributed by atoms with Crippen LogP contribution in [0.2, 0.25) is 5.15 Å². The predicted octanol–water partition coefficient (Wildman–Crippen LogP) is 0.765. The van der Waals surface area contributed by atoms with Gasteiger partial charge in [0.25, 0.3) is 0 Å². The molecule has 0 atom stereocenters. The highest BCUT2D eigenvalue weighted by molar-refractivity contribution is 6.30. The fourth-order valence-corrected chi connectivity index (χ4v) is 1.96. The molecule has 1 aromatic heterocycles. The molecule has 1 amide bonds. The quantitative estimate of drug-likeness (QED) is 0.850. The first-order valence-corrected chi connectivity index (χ1v) is 5.95. The van der Waals surface area contributed by atoms with Crippen molar-refractivity contribution in [3.05, 3.63) is 16.4 Å². The van der Waals surface area contributed by atoms with Crippen molar-refractivity contribution >= 4 is 17.5 Å². The number of aromatic nitrogens is 2. The fraction of sp³-hybridized carbons (Fsp3) is 0.636. The summed E-state index contributed by atoms with van der Waals surface area (Å²) in [5.41, 5.74) is 1.53. The molecule has 96 valence electrons. The zero-order chi connectivity index (χ0) is 13.0. The molecule has 1 N–H and O–H groups in total. The lowest BCUT2D eigenvalue weighted by atomic mass is 10.2. The minimum absolute atomic E-state index is 0.0284. The zero-order valence-electron chi connectivity index (χ0n) is 10.4. The van der Waals surface area contributed by atoms with E-state index in [1.807, 2.05) is 13.8 Å². The van der Waals surface area contributed by atoms with Crippen molar-refractivity contribution < 1.29 is 9.90 Å². The minimum Gasteiger partial charge on any atom is -0.395 e. The molecule has 0 aliphatic heterocycles. The van der Waals surface area contributed by atoms with Crippen LogP contribution < -0.4 is 0 Å². The molecule has 0 aromatic carbocycles. The van der Waals surface area contributed by atoms with Gasteiger partial charge in [0, 0.05) is 25.7 Å². The van der Waals surface area contributed by atoms with Crippen molar-refractivity contribution in [2.24, 2.45) is 7.05 Å². The third kappa shape index (κ3) is 3.20. The van der Waals surface area contributed by atoms with Crippen molar-refractivity contribution in [3.63, 3.8) is 0 Å². The minimum atomic E-state index is -0.0421. The molecule has 1 heterocycles. The van der Waals surface area contributed by atoms with Crippen LogP contribution in [0.1, 0.15) is 18.2 Å². The van der Waals surface area contributed by atoms with E-state index in [0.717, 1.165) is 11.3 Å². The molecule has 0 unspecified atom stereocenters. The summed E-state index contributed by atoms with van der Waals surface area (Å²) >= 11 is 6.06. The van der Waals surface area contributed by atoms with Crippen LogP contribution in [0, 0.1) is 6.92 Å². The molecule has 0 bridgehead atoms. The monoisotopic (exact) mass is 259 g/mol. The van der Waals surface area contributed by atoms with Gasteiger partial charge < -0.3 is 10.0 Å². The van der Waals surface area contributed by atoms with Crippen molar-refractivity contribution in [2.75, 3.05) is 19.7 Å². The number of halogens is 1. The standard InChI is InChI=1S/C11H18ClN3O2/c1-4-15(5-6-16)10(17)7-9-8(2)13-14(3)11(9)12/h16H,4-7H2,1-3H3. The average Bonchev–Trinajstić information content (AvgIpc) is 2.52. The Bertz CT molecular complexity index is 404. The van der Waals surface area contributed by atoms with Crippen molar-refractivity contribution in [1.29, 1.82) is 0 Å². The first kappa shape index (κ1) is 14.0. The molecule has 6 heteroatoms. The van der Waals surface area contributed by atoms with Crippen molar-refractivity contribution in [2.45, 2.75) is 20.3 Å². The highest BCUT2D eigenvalue weighted by Crippen LogP contribution is 2.19. The molecule has 1 aromatic rings. The van der Waals surface area contributed by atoms with Gasteiger partial charge in [-0.1, -0.05) is 11.6 Å². The third-order valence-electron chi connectivity index (χ3n) is 2.70. The van der Waals surface area contributed by atoms with E-state index in [1.165, 1.54) is 0 Å². The highest BCUT2D eigenvalue weighted by atomic mass is 35.5. The predicted molar refractivity (Wildman–Crippen MR) is 66.0 cm³/mol. The second-order valence-electron chi connectivity index (χ2n) is 3.85. The van der Waals surface area contributed by atoms with Crippen LogP contribution >= 0.6 is 11.6 Å². The van der Waals surface area contributed by atoms with Gasteiger partial charge in [-0.25, -0.2) is 0 Å². The van der Waals surface area contributed by atoms with E-state index in [-0.39, 0.29) is 18.9 Å². The van der Waals surface area contributed by atoms with Gasteiger partial charge in [-0.05, 0) is 13.8 Å². The van der Waals surface area contributed by atoms with E-state index >= 15 is 0 Å². The number of aryl methyl sites for hydroxylation is 2. The summed E-state index contributed by atoms with van der Waals surface area (Å²) in [5.74, 6) is -0.0421. The van der Waals surface area contributed by atoms with Crippen LogP contribution in [0.4, 0.5) is 0 Å². The van der Waals surface area contributed by atoms with Gasteiger partial charge in [-0.2, -0.15) is 5.10 Å². The molecular formula is C11H18ClN3O2. The number of carbonyl (C=O) groups is 1. The number of carbonyl (C=O) groups excluding carboxylic acids is 1. The number of hydrogen-bond acceptors (Lipinski definition) is 3. The van der Waals surface area contributed by atoms with Crippen molar-refractivity contribution in [1.82, 2.24) is 14.7 Å². The molecule has 17 heavy (non-hydrogen) atoms. The number of hydrogen-bond donors (Lipinski definition) is 1. The fourth-order valence-electron chi connectivity index (χ4n) is 1.72. The van der Waals surface area contributed by atoms with Crippen LogP contribution in [0.3, 0.4) is 0 Å². The summed E-state index contributed by atoms with van der Waals surface area (Å²) in [6.07, 6.45) is 0.229. The lowest BCUT2D eigenvalue weighted by Gasteiger charge is -2.19. The van der Waals surface area contributed by atoms with E-state index in [0.29, 0.717) is 18.2 Å². The number of aliphatic hydroxyl groups is 1. The smallest absolute Gasteiger partial charge is 0.227 e. The Balaban J connectivity index is 2.80. The van der Waals surface area contributed by atoms with Crippen LogP contribution in [-0.4, -0.2) is 45.4 Å². The van der Waals surface area contributed by atoms with Gasteiger partial charge in [0.05, 0.1) is 18.7 Å². The van der Waals surface area contributed by atoms with Gasteiger partial charge in [0.15, 0.2) is 0 Å². The molecule has 0 fully saturated rings. The third-order valence-corrected chi connectivity index (χ3v) is 3.17.